The van der Waals surface area contributed by atoms with E-state index in [2.05, 4.69) is 25.2 Å². The van der Waals surface area contributed by atoms with Crippen molar-refractivity contribution in [3.63, 3.8) is 0 Å². The molecule has 3 heteroatoms. The van der Waals surface area contributed by atoms with Gasteiger partial charge in [0.1, 0.15) is 0 Å². The molecule has 0 aromatic heterocycles. The number of methoxy groups -OCH3 is 2. The molecule has 1 aromatic rings. The van der Waals surface area contributed by atoms with Crippen molar-refractivity contribution in [1.29, 1.82) is 0 Å². The molecule has 0 bridgehead atoms. The topological polar surface area (TPSA) is 30.5 Å². The van der Waals surface area contributed by atoms with Gasteiger partial charge in [0.2, 0.25) is 0 Å². The van der Waals surface area contributed by atoms with E-state index in [1.165, 1.54) is 24.8 Å². The summed E-state index contributed by atoms with van der Waals surface area (Å²) in [6.45, 7) is 5.32. The summed E-state index contributed by atoms with van der Waals surface area (Å²) in [5.41, 5.74) is 1.19. The lowest BCUT2D eigenvalue weighted by Gasteiger charge is -2.22. The number of ether oxygens (including phenoxy) is 2. The summed E-state index contributed by atoms with van der Waals surface area (Å²) >= 11 is 0. The zero-order valence-corrected chi connectivity index (χ0v) is 12.7. The van der Waals surface area contributed by atoms with Crippen molar-refractivity contribution >= 4 is 0 Å². The third-order valence-electron chi connectivity index (χ3n) is 3.36. The summed E-state index contributed by atoms with van der Waals surface area (Å²) in [5, 5.41) is 3.55. The van der Waals surface area contributed by atoms with E-state index in [0.717, 1.165) is 24.5 Å². The summed E-state index contributed by atoms with van der Waals surface area (Å²) in [6, 6.07) is 6.43. The first-order chi connectivity index (χ1) is 9.28. The lowest BCUT2D eigenvalue weighted by Crippen LogP contribution is -2.21. The van der Waals surface area contributed by atoms with Gasteiger partial charge in [-0.2, -0.15) is 0 Å². The van der Waals surface area contributed by atoms with Crippen LogP contribution < -0.4 is 14.8 Å². The molecule has 19 heavy (non-hydrogen) atoms. The standard InChI is InChI=1S/C16H27NO2/c1-5-7-8-11-14(17-6-2)13-10-9-12-15(18-3)16(13)19-4/h9-10,12,14,17H,5-8,11H2,1-4H3. The van der Waals surface area contributed by atoms with Gasteiger partial charge in [0.15, 0.2) is 11.5 Å². The van der Waals surface area contributed by atoms with E-state index in [0.29, 0.717) is 6.04 Å². The van der Waals surface area contributed by atoms with E-state index in [1.807, 2.05) is 12.1 Å². The molecule has 1 N–H and O–H groups in total. The molecule has 1 aromatic carbocycles. The fourth-order valence-corrected chi connectivity index (χ4v) is 2.40. The van der Waals surface area contributed by atoms with Crippen molar-refractivity contribution in [2.45, 2.75) is 45.6 Å². The Kier molecular flexibility index (Phi) is 7.34. The number of benzene rings is 1. The van der Waals surface area contributed by atoms with Crippen LogP contribution in [0.25, 0.3) is 0 Å². The Morgan fingerprint density at radius 2 is 1.89 bits per heavy atom. The fourth-order valence-electron chi connectivity index (χ4n) is 2.40. The highest BCUT2D eigenvalue weighted by atomic mass is 16.5. The summed E-state index contributed by atoms with van der Waals surface area (Å²) < 4.78 is 10.9. The van der Waals surface area contributed by atoms with Gasteiger partial charge in [0, 0.05) is 11.6 Å². The molecule has 0 amide bonds. The van der Waals surface area contributed by atoms with Crippen molar-refractivity contribution in [3.05, 3.63) is 23.8 Å². The fraction of sp³-hybridized carbons (Fsp3) is 0.625. The maximum absolute atomic E-state index is 5.54. The van der Waals surface area contributed by atoms with E-state index >= 15 is 0 Å². The molecule has 0 aliphatic rings. The first-order valence-corrected chi connectivity index (χ1v) is 7.22. The third-order valence-corrected chi connectivity index (χ3v) is 3.36. The average Bonchev–Trinajstić information content (AvgIpc) is 2.45. The molecule has 3 nitrogen and oxygen atoms in total. The highest BCUT2D eigenvalue weighted by molar-refractivity contribution is 5.48. The van der Waals surface area contributed by atoms with Crippen LogP contribution in [0.5, 0.6) is 11.5 Å². The first-order valence-electron chi connectivity index (χ1n) is 7.22. The van der Waals surface area contributed by atoms with Crippen LogP contribution in [0, 0.1) is 0 Å². The van der Waals surface area contributed by atoms with Crippen molar-refractivity contribution < 1.29 is 9.47 Å². The molecular formula is C16H27NO2. The summed E-state index contributed by atoms with van der Waals surface area (Å²) in [6.07, 6.45) is 4.88. The monoisotopic (exact) mass is 265 g/mol. The van der Waals surface area contributed by atoms with Gasteiger partial charge in [0.05, 0.1) is 14.2 Å². The van der Waals surface area contributed by atoms with E-state index in [4.69, 9.17) is 9.47 Å². The minimum atomic E-state index is 0.335. The lowest BCUT2D eigenvalue weighted by molar-refractivity contribution is 0.344. The second kappa shape index (κ2) is 8.81. The minimum absolute atomic E-state index is 0.335. The number of unbranched alkanes of at least 4 members (excludes halogenated alkanes) is 2. The Morgan fingerprint density at radius 3 is 2.47 bits per heavy atom. The largest absolute Gasteiger partial charge is 0.493 e. The van der Waals surface area contributed by atoms with Gasteiger partial charge in [-0.3, -0.25) is 0 Å². The van der Waals surface area contributed by atoms with E-state index in [1.54, 1.807) is 14.2 Å². The maximum atomic E-state index is 5.54. The molecule has 1 unspecified atom stereocenters. The zero-order valence-electron chi connectivity index (χ0n) is 12.7. The number of hydrogen-bond donors (Lipinski definition) is 1. The molecule has 0 aliphatic heterocycles. The third kappa shape index (κ3) is 4.43. The van der Waals surface area contributed by atoms with Gasteiger partial charge in [-0.05, 0) is 19.0 Å². The van der Waals surface area contributed by atoms with Crippen LogP contribution in [-0.2, 0) is 0 Å². The van der Waals surface area contributed by atoms with Crippen molar-refractivity contribution in [2.75, 3.05) is 20.8 Å². The molecule has 0 aliphatic carbocycles. The number of nitrogens with one attached hydrogen (secondary N) is 1. The van der Waals surface area contributed by atoms with Gasteiger partial charge < -0.3 is 14.8 Å². The second-order valence-corrected chi connectivity index (χ2v) is 4.69. The van der Waals surface area contributed by atoms with Crippen LogP contribution in [0.3, 0.4) is 0 Å². The summed E-state index contributed by atoms with van der Waals surface area (Å²) in [5.74, 6) is 1.66. The SMILES string of the molecule is CCCCCC(NCC)c1cccc(OC)c1OC. The van der Waals surface area contributed by atoms with Crippen molar-refractivity contribution in [2.24, 2.45) is 0 Å². The summed E-state index contributed by atoms with van der Waals surface area (Å²) in [7, 11) is 3.39. The highest BCUT2D eigenvalue weighted by Crippen LogP contribution is 2.36. The number of rotatable bonds is 9. The molecule has 108 valence electrons. The molecule has 1 atom stereocenters. The number of hydrogen-bond acceptors (Lipinski definition) is 3. The maximum Gasteiger partial charge on any atom is 0.165 e. The normalized spacial score (nSPS) is 12.2. The van der Waals surface area contributed by atoms with Gasteiger partial charge in [-0.15, -0.1) is 0 Å². The Hall–Kier alpha value is -1.22. The molecular weight excluding hydrogens is 238 g/mol. The number of para-hydroxylation sites is 1. The van der Waals surface area contributed by atoms with E-state index in [-0.39, 0.29) is 0 Å². The van der Waals surface area contributed by atoms with Gasteiger partial charge in [-0.1, -0.05) is 45.2 Å². The lowest BCUT2D eigenvalue weighted by atomic mass is 9.99. The van der Waals surface area contributed by atoms with Gasteiger partial charge in [0.25, 0.3) is 0 Å². The molecule has 1 rings (SSSR count). The van der Waals surface area contributed by atoms with E-state index in [9.17, 15) is 0 Å². The van der Waals surface area contributed by atoms with Crippen LogP contribution in [0.1, 0.15) is 51.1 Å². The summed E-state index contributed by atoms with van der Waals surface area (Å²) in [4.78, 5) is 0. The van der Waals surface area contributed by atoms with E-state index < -0.39 is 0 Å². The molecule has 0 heterocycles. The molecule has 0 fully saturated rings. The van der Waals surface area contributed by atoms with Crippen molar-refractivity contribution in [3.8, 4) is 11.5 Å². The Balaban J connectivity index is 2.93. The second-order valence-electron chi connectivity index (χ2n) is 4.69. The smallest absolute Gasteiger partial charge is 0.165 e. The van der Waals surface area contributed by atoms with Crippen LogP contribution in [-0.4, -0.2) is 20.8 Å². The quantitative estimate of drug-likeness (QED) is 0.686. The van der Waals surface area contributed by atoms with Crippen LogP contribution in [0.15, 0.2) is 18.2 Å². The zero-order chi connectivity index (χ0) is 14.1. The molecule has 0 spiro atoms. The van der Waals surface area contributed by atoms with Gasteiger partial charge in [-0.25, -0.2) is 0 Å². The molecule has 0 saturated carbocycles. The van der Waals surface area contributed by atoms with Crippen LogP contribution in [0.4, 0.5) is 0 Å². The predicted octanol–water partition coefficient (Wildman–Crippen LogP) is 3.93. The Bertz CT molecular complexity index is 366. The van der Waals surface area contributed by atoms with Crippen LogP contribution >= 0.6 is 0 Å². The van der Waals surface area contributed by atoms with Crippen molar-refractivity contribution in [1.82, 2.24) is 5.32 Å². The first kappa shape index (κ1) is 15.8. The molecule has 0 saturated heterocycles. The Morgan fingerprint density at radius 1 is 1.11 bits per heavy atom. The minimum Gasteiger partial charge on any atom is -0.493 e. The van der Waals surface area contributed by atoms with Gasteiger partial charge >= 0.3 is 0 Å². The Labute approximate surface area is 117 Å². The molecule has 0 radical (unpaired) electrons. The predicted molar refractivity (Wildman–Crippen MR) is 80.1 cm³/mol. The average molecular weight is 265 g/mol. The van der Waals surface area contributed by atoms with Crippen LogP contribution in [0.2, 0.25) is 0 Å². The highest BCUT2D eigenvalue weighted by Gasteiger charge is 2.17.